The van der Waals surface area contributed by atoms with Gasteiger partial charge in [0.25, 0.3) is 0 Å². The number of carbonyl (C=O) groups is 1. The van der Waals surface area contributed by atoms with Crippen molar-refractivity contribution in [3.8, 4) is 0 Å². The van der Waals surface area contributed by atoms with E-state index in [0.29, 0.717) is 0 Å². The summed E-state index contributed by atoms with van der Waals surface area (Å²) in [5.41, 5.74) is -3.05. The van der Waals surface area contributed by atoms with Gasteiger partial charge in [0, 0.05) is 5.92 Å². The highest BCUT2D eigenvalue weighted by Crippen LogP contribution is 2.60. The maximum absolute atomic E-state index is 13.2. The van der Waals surface area contributed by atoms with E-state index in [1.54, 1.807) is 0 Å². The van der Waals surface area contributed by atoms with Crippen LogP contribution in [0.3, 0.4) is 0 Å². The number of rotatable bonds is 3. The summed E-state index contributed by atoms with van der Waals surface area (Å²) in [5, 5.41) is 0. The predicted octanol–water partition coefficient (Wildman–Crippen LogP) is 3.87. The van der Waals surface area contributed by atoms with Crippen LogP contribution in [0.25, 0.3) is 0 Å². The zero-order valence-electron chi connectivity index (χ0n) is 10.8. The smallest absolute Gasteiger partial charge is 0.456 e. The Bertz CT molecular complexity index is 492. The summed E-state index contributed by atoms with van der Waals surface area (Å²) in [6.07, 6.45) is -9.22. The number of ether oxygens (including phenoxy) is 1. The molecule has 2 nitrogen and oxygen atoms in total. The van der Waals surface area contributed by atoms with Crippen LogP contribution in [0.15, 0.2) is 12.2 Å². The molecule has 0 aliphatic heterocycles. The zero-order chi connectivity index (χ0) is 17.0. The van der Waals surface area contributed by atoms with Crippen LogP contribution in [0.5, 0.6) is 0 Å². The van der Waals surface area contributed by atoms with Crippen LogP contribution < -0.4 is 0 Å². The number of esters is 1. The third-order valence-electron chi connectivity index (χ3n) is 4.06. The Balaban J connectivity index is 2.18. The fourth-order valence-corrected chi connectivity index (χ4v) is 2.90. The first-order valence-electron chi connectivity index (χ1n) is 6.18. The molecular formula is C12H10F8O2. The van der Waals surface area contributed by atoms with Gasteiger partial charge in [-0.25, -0.2) is 0 Å². The fourth-order valence-electron chi connectivity index (χ4n) is 2.90. The van der Waals surface area contributed by atoms with Crippen molar-refractivity contribution in [3.05, 3.63) is 12.2 Å². The van der Waals surface area contributed by atoms with Crippen LogP contribution in [0.1, 0.15) is 12.8 Å². The second-order valence-corrected chi connectivity index (χ2v) is 5.44. The van der Waals surface area contributed by atoms with Crippen LogP contribution in [-0.4, -0.2) is 30.9 Å². The van der Waals surface area contributed by atoms with Gasteiger partial charge in [-0.1, -0.05) is 12.2 Å². The molecule has 0 spiro atoms. The number of fused-ring (bicyclic) bond motifs is 2. The van der Waals surface area contributed by atoms with Gasteiger partial charge in [0.05, 0.1) is 0 Å². The highest BCUT2D eigenvalue weighted by molar-refractivity contribution is 5.79. The molecule has 22 heavy (non-hydrogen) atoms. The quantitative estimate of drug-likeness (QED) is 0.444. The SMILES string of the molecule is O=C(OCC(F)(F)C(F)(F)F)C1(C(F)(F)F)CC2C=CC1C2. The van der Waals surface area contributed by atoms with Crippen molar-refractivity contribution < 1.29 is 44.7 Å². The lowest BCUT2D eigenvalue weighted by Gasteiger charge is -2.35. The molecule has 0 amide bonds. The third kappa shape index (κ3) is 2.45. The molecule has 0 radical (unpaired) electrons. The molecule has 0 N–H and O–H groups in total. The first-order chi connectivity index (χ1) is 9.81. The van der Waals surface area contributed by atoms with Crippen molar-refractivity contribution >= 4 is 5.97 Å². The fraction of sp³-hybridized carbons (Fsp3) is 0.750. The van der Waals surface area contributed by atoms with E-state index in [0.717, 1.165) is 6.08 Å². The maximum Gasteiger partial charge on any atom is 0.456 e. The average molecular weight is 338 g/mol. The Morgan fingerprint density at radius 3 is 2.05 bits per heavy atom. The van der Waals surface area contributed by atoms with Crippen LogP contribution in [0.2, 0.25) is 0 Å². The molecule has 2 aliphatic rings. The lowest BCUT2D eigenvalue weighted by Crippen LogP contribution is -2.51. The van der Waals surface area contributed by atoms with E-state index < -0.39 is 54.5 Å². The molecule has 0 aromatic heterocycles. The van der Waals surface area contributed by atoms with E-state index in [1.165, 1.54) is 6.08 Å². The molecule has 2 bridgehead atoms. The van der Waals surface area contributed by atoms with Crippen LogP contribution >= 0.6 is 0 Å². The molecule has 2 rings (SSSR count). The zero-order valence-corrected chi connectivity index (χ0v) is 10.8. The molecule has 10 heteroatoms. The number of alkyl halides is 8. The van der Waals surface area contributed by atoms with Crippen molar-refractivity contribution in [3.63, 3.8) is 0 Å². The van der Waals surface area contributed by atoms with Crippen molar-refractivity contribution in [2.75, 3.05) is 6.61 Å². The van der Waals surface area contributed by atoms with Crippen LogP contribution in [-0.2, 0) is 9.53 Å². The van der Waals surface area contributed by atoms with Gasteiger partial charge in [0.2, 0.25) is 0 Å². The number of allylic oxidation sites excluding steroid dienone is 2. The van der Waals surface area contributed by atoms with E-state index in [9.17, 15) is 39.9 Å². The molecule has 3 atom stereocenters. The van der Waals surface area contributed by atoms with Gasteiger partial charge in [-0.15, -0.1) is 0 Å². The predicted molar refractivity (Wildman–Crippen MR) is 55.8 cm³/mol. The first-order valence-corrected chi connectivity index (χ1v) is 6.18. The molecule has 3 unspecified atom stereocenters. The van der Waals surface area contributed by atoms with E-state index in [4.69, 9.17) is 0 Å². The second kappa shape index (κ2) is 4.82. The standard InChI is InChI=1S/C12H10F8O2/c13-10(14,12(18,19)20)5-22-8(21)9(11(15,16)17)4-6-1-2-7(9)3-6/h1-2,6-7H,3-5H2. The Morgan fingerprint density at radius 2 is 1.68 bits per heavy atom. The summed E-state index contributed by atoms with van der Waals surface area (Å²) >= 11 is 0. The number of halogens is 8. The van der Waals surface area contributed by atoms with Crippen LogP contribution in [0.4, 0.5) is 35.1 Å². The highest BCUT2D eigenvalue weighted by Gasteiger charge is 2.70. The van der Waals surface area contributed by atoms with E-state index >= 15 is 0 Å². The summed E-state index contributed by atoms with van der Waals surface area (Å²) in [6.45, 7) is -2.46. The summed E-state index contributed by atoms with van der Waals surface area (Å²) in [7, 11) is 0. The van der Waals surface area contributed by atoms with E-state index in [-0.39, 0.29) is 6.42 Å². The van der Waals surface area contributed by atoms with Crippen molar-refractivity contribution in [1.29, 1.82) is 0 Å². The van der Waals surface area contributed by atoms with Crippen molar-refractivity contribution in [1.82, 2.24) is 0 Å². The molecule has 126 valence electrons. The van der Waals surface area contributed by atoms with Crippen molar-refractivity contribution in [2.24, 2.45) is 17.3 Å². The van der Waals surface area contributed by atoms with Gasteiger partial charge in [0.15, 0.2) is 12.0 Å². The summed E-state index contributed by atoms with van der Waals surface area (Å²) < 4.78 is 105. The topological polar surface area (TPSA) is 26.3 Å². The minimum absolute atomic E-state index is 0.00965. The lowest BCUT2D eigenvalue weighted by molar-refractivity contribution is -0.298. The summed E-state index contributed by atoms with van der Waals surface area (Å²) in [4.78, 5) is 11.7. The molecule has 0 aromatic carbocycles. The van der Waals surface area contributed by atoms with Gasteiger partial charge in [-0.05, 0) is 18.8 Å². The second-order valence-electron chi connectivity index (χ2n) is 5.44. The number of hydrogen-bond donors (Lipinski definition) is 0. The molecule has 0 heterocycles. The Kier molecular flexibility index (Phi) is 3.73. The van der Waals surface area contributed by atoms with E-state index in [1.807, 2.05) is 0 Å². The van der Waals surface area contributed by atoms with Crippen molar-refractivity contribution in [2.45, 2.75) is 31.1 Å². The minimum atomic E-state index is -6.01. The monoisotopic (exact) mass is 338 g/mol. The maximum atomic E-state index is 13.2. The van der Waals surface area contributed by atoms with Gasteiger partial charge in [0.1, 0.15) is 0 Å². The highest BCUT2D eigenvalue weighted by atomic mass is 19.4. The molecular weight excluding hydrogens is 328 g/mol. The molecule has 0 aromatic rings. The van der Waals surface area contributed by atoms with Gasteiger partial charge < -0.3 is 4.74 Å². The summed E-state index contributed by atoms with van der Waals surface area (Å²) in [5.74, 6) is -9.35. The minimum Gasteiger partial charge on any atom is -0.458 e. The van der Waals surface area contributed by atoms with Gasteiger partial charge in [-0.2, -0.15) is 35.1 Å². The summed E-state index contributed by atoms with van der Waals surface area (Å²) in [6, 6.07) is 0. The average Bonchev–Trinajstić information content (AvgIpc) is 2.94. The van der Waals surface area contributed by atoms with Gasteiger partial charge in [-0.3, -0.25) is 4.79 Å². The van der Waals surface area contributed by atoms with Crippen LogP contribution in [0, 0.1) is 17.3 Å². The largest absolute Gasteiger partial charge is 0.458 e. The molecule has 1 saturated carbocycles. The third-order valence-corrected chi connectivity index (χ3v) is 4.06. The Morgan fingerprint density at radius 1 is 1.09 bits per heavy atom. The molecule has 1 fully saturated rings. The van der Waals surface area contributed by atoms with Gasteiger partial charge >= 0.3 is 24.2 Å². The lowest BCUT2D eigenvalue weighted by atomic mass is 9.75. The molecule has 0 saturated heterocycles. The number of carbonyl (C=O) groups excluding carboxylic acids is 1. The number of hydrogen-bond acceptors (Lipinski definition) is 2. The first kappa shape index (κ1) is 17.0. The van der Waals surface area contributed by atoms with E-state index in [2.05, 4.69) is 4.74 Å². The normalized spacial score (nSPS) is 31.6. The Hall–Kier alpha value is -1.35. The Labute approximate surface area is 119 Å². The molecule has 2 aliphatic carbocycles.